The minimum absolute atomic E-state index is 0.0533. The molecule has 1 aromatic rings. The molecule has 5 rings (SSSR count). The van der Waals surface area contributed by atoms with Gasteiger partial charge in [0.15, 0.2) is 18.4 Å². The van der Waals surface area contributed by atoms with E-state index in [4.69, 9.17) is 60.6 Å². The molecule has 27 heteroatoms. The van der Waals surface area contributed by atoms with Crippen LogP contribution >= 0.6 is 19.2 Å². The number of amides is 2. The van der Waals surface area contributed by atoms with Crippen LogP contribution in [0.15, 0.2) is 17.5 Å². The molecule has 4 heterocycles. The Labute approximate surface area is 448 Å². The van der Waals surface area contributed by atoms with Gasteiger partial charge in [0.1, 0.15) is 54.9 Å². The van der Waals surface area contributed by atoms with Crippen molar-refractivity contribution in [1.82, 2.24) is 15.3 Å². The lowest BCUT2D eigenvalue weighted by Gasteiger charge is -2.45. The SMILES string of the molecule is CC1CCCCC1.CC1[C@@H](O)OC(CO)[C@@H](O)[C@H]1O.CCCCl.CCOP(=O)(OCC)C(C)C.CCc1cnc(C)cc1N.CN(N=O)C(=O)NC1[C@@H](O)OC(CO)[C@@H](O)[C@H]1O.CO[C@@]1(C)OC(C)[C@@H](O)[C@@H](O)C1O. The smallest absolute Gasteiger partial charge is 0.340 e. The Morgan fingerprint density at radius 3 is 1.76 bits per heavy atom. The summed E-state index contributed by atoms with van der Waals surface area (Å²) >= 11 is 5.19. The second kappa shape index (κ2) is 39.1. The standard InChI is InChI=1S/C8H15N3O7.C8H12N2.C8H16O5.C7H14O5.C7H17O3P.C7H14.C3H7Cl/c1-11(10-17)8(16)9-4-6(14)5(13)3(2-12)18-7(4)15;1-3-7-5-10-6(2)4-8(7)9;1-4-5(9)6(10)7(11)8(2,12-3)13-4;1-3-5(9)6(10)4(2-8)12-7(3)11;1-5-9-11(8,7(3)4)10-6-2;1-7-5-3-2-4-6-7;1-2-3-4/h3-7,12-15H,2H2,1H3,(H,9,16);4-5H,3H2,1-2H3,(H2,9,10);4-7,9-11H,1-3H3;3-11H,2H2,1H3;7H,5-6H2,1-4H3;7H,2-6H2,1H3;2-3H2,1H3/t3?,4?,5-,6+,7+;;4?,5-,6-,7?,8+;3?,4?,5-,6+,7-;;;/m1.10.../s1. The van der Waals surface area contributed by atoms with E-state index in [-0.39, 0.29) is 5.66 Å². The number of carbonyl (C=O) groups is 1. The maximum Gasteiger partial charge on any atom is 0.340 e. The van der Waals surface area contributed by atoms with Crippen LogP contribution in [-0.2, 0) is 39.0 Å². The first-order valence-corrected chi connectivity index (χ1v) is 27.6. The van der Waals surface area contributed by atoms with Gasteiger partial charge in [-0.2, -0.15) is 5.01 Å². The first-order valence-electron chi connectivity index (χ1n) is 25.4. The molecule has 75 heavy (non-hydrogen) atoms. The molecule has 0 aromatic carbocycles. The number of nitrogens with zero attached hydrogens (tertiary/aromatic N) is 3. The number of carbonyl (C=O) groups excluding carboxylic acids is 1. The van der Waals surface area contributed by atoms with Crippen LogP contribution < -0.4 is 11.1 Å². The fourth-order valence-electron chi connectivity index (χ4n) is 7.12. The molecule has 1 aromatic heterocycles. The Hall–Kier alpha value is -2.34. The number of nitrogens with two attached hydrogens (primary N) is 1. The predicted octanol–water partition coefficient (Wildman–Crippen LogP) is 2.43. The number of aryl methyl sites for hydroxylation is 2. The normalized spacial score (nSPS) is 31.4. The van der Waals surface area contributed by atoms with Gasteiger partial charge in [0, 0.05) is 43.5 Å². The number of pyridine rings is 1. The van der Waals surface area contributed by atoms with Crippen molar-refractivity contribution in [2.75, 3.05) is 52.2 Å². The summed E-state index contributed by atoms with van der Waals surface area (Å²) in [5.74, 6) is 0.0366. The van der Waals surface area contributed by atoms with E-state index in [0.717, 1.165) is 48.6 Å². The second-order valence-corrected chi connectivity index (χ2v) is 21.7. The Morgan fingerprint density at radius 2 is 1.37 bits per heavy atom. The number of nitroso groups, excluding NO2 is 1. The van der Waals surface area contributed by atoms with Gasteiger partial charge in [0.25, 0.3) is 0 Å². The number of ether oxygens (including phenoxy) is 4. The van der Waals surface area contributed by atoms with Gasteiger partial charge in [-0.05, 0) is 65.0 Å². The van der Waals surface area contributed by atoms with E-state index >= 15 is 0 Å². The average Bonchev–Trinajstić information content (AvgIpc) is 3.38. The monoisotopic (exact) mass is 1130 g/mol. The lowest BCUT2D eigenvalue weighted by molar-refractivity contribution is -0.343. The minimum Gasteiger partial charge on any atom is -0.398 e. The summed E-state index contributed by atoms with van der Waals surface area (Å²) in [6, 6.07) is -0.426. The summed E-state index contributed by atoms with van der Waals surface area (Å²) < 4.78 is 41.6. The van der Waals surface area contributed by atoms with Gasteiger partial charge in [0.05, 0.1) is 49.6 Å². The number of aromatic nitrogens is 1. The van der Waals surface area contributed by atoms with Gasteiger partial charge in [-0.15, -0.1) is 16.5 Å². The highest BCUT2D eigenvalue weighted by Crippen LogP contribution is 2.52. The van der Waals surface area contributed by atoms with Crippen LogP contribution in [0.4, 0.5) is 10.5 Å². The van der Waals surface area contributed by atoms with Crippen LogP contribution in [0.2, 0.25) is 0 Å². The zero-order valence-corrected chi connectivity index (χ0v) is 47.9. The van der Waals surface area contributed by atoms with Gasteiger partial charge >= 0.3 is 13.6 Å². The van der Waals surface area contributed by atoms with Crippen LogP contribution in [0.5, 0.6) is 0 Å². The molecule has 14 N–H and O–H groups in total. The highest BCUT2D eigenvalue weighted by molar-refractivity contribution is 7.54. The van der Waals surface area contributed by atoms with Crippen molar-refractivity contribution in [3.05, 3.63) is 28.4 Å². The Bertz CT molecular complexity index is 1700. The third-order valence-electron chi connectivity index (χ3n) is 12.2. The van der Waals surface area contributed by atoms with Gasteiger partial charge in [0.2, 0.25) is 0 Å². The number of alkyl halides is 1. The molecule has 25 nitrogen and oxygen atoms in total. The Kier molecular flexibility index (Phi) is 39.0. The molecule has 4 fully saturated rings. The fourth-order valence-corrected chi connectivity index (χ4v) is 8.51. The molecule has 0 bridgehead atoms. The highest BCUT2D eigenvalue weighted by atomic mass is 35.5. The molecule has 444 valence electrons. The first kappa shape index (κ1) is 74.7. The fraction of sp³-hybridized carbons (Fsp3) is 0.875. The van der Waals surface area contributed by atoms with Crippen LogP contribution in [0, 0.1) is 23.7 Å². The maximum absolute atomic E-state index is 11.7. The van der Waals surface area contributed by atoms with Crippen molar-refractivity contribution in [2.24, 2.45) is 17.1 Å². The molecule has 15 atom stereocenters. The largest absolute Gasteiger partial charge is 0.398 e. The number of methoxy groups -OCH3 is 1. The Balaban J connectivity index is 0. The predicted molar refractivity (Wildman–Crippen MR) is 281 cm³/mol. The molecular weight excluding hydrogens is 1030 g/mol. The van der Waals surface area contributed by atoms with Crippen molar-refractivity contribution in [3.8, 4) is 0 Å². The lowest BCUT2D eigenvalue weighted by atomic mass is 9.91. The molecule has 2 amide bonds. The zero-order valence-electron chi connectivity index (χ0n) is 46.2. The van der Waals surface area contributed by atoms with Crippen molar-refractivity contribution in [2.45, 2.75) is 212 Å². The second-order valence-electron chi connectivity index (χ2n) is 18.6. The lowest BCUT2D eigenvalue weighted by Crippen LogP contribution is -2.64. The van der Waals surface area contributed by atoms with E-state index in [2.05, 4.69) is 29.4 Å². The van der Waals surface area contributed by atoms with Crippen molar-refractivity contribution < 1.29 is 93.5 Å². The van der Waals surface area contributed by atoms with Gasteiger partial charge in [-0.25, -0.2) is 4.79 Å². The summed E-state index contributed by atoms with van der Waals surface area (Å²) in [7, 11) is -0.349. The molecule has 0 spiro atoms. The number of anilines is 1. The molecule has 1 saturated carbocycles. The van der Waals surface area contributed by atoms with Crippen LogP contribution in [0.25, 0.3) is 0 Å². The molecule has 3 aliphatic heterocycles. The van der Waals surface area contributed by atoms with Gasteiger partial charge in [-0.3, -0.25) is 9.55 Å². The minimum atomic E-state index is -2.79. The molecule has 3 saturated heterocycles. The average molecular weight is 1130 g/mol. The van der Waals surface area contributed by atoms with Crippen molar-refractivity contribution >= 4 is 30.9 Å². The van der Waals surface area contributed by atoms with Crippen LogP contribution in [0.1, 0.15) is 119 Å². The molecule has 0 radical (unpaired) electrons. The van der Waals surface area contributed by atoms with Crippen LogP contribution in [-0.4, -0.2) is 210 Å². The van der Waals surface area contributed by atoms with Gasteiger partial charge < -0.3 is 95.2 Å². The molecule has 1 aliphatic carbocycles. The first-order chi connectivity index (χ1) is 35.0. The summed E-state index contributed by atoms with van der Waals surface area (Å²) in [6.07, 6.45) is -2.87. The van der Waals surface area contributed by atoms with E-state index in [1.54, 1.807) is 13.8 Å². The van der Waals surface area contributed by atoms with Crippen LogP contribution in [0.3, 0.4) is 0 Å². The number of nitrogens with one attached hydrogen (secondary N) is 1. The van der Waals surface area contributed by atoms with Crippen molar-refractivity contribution in [1.29, 1.82) is 0 Å². The quantitative estimate of drug-likeness (QED) is 0.0618. The summed E-state index contributed by atoms with van der Waals surface area (Å²) in [5.41, 5.74) is 8.61. The topological polar surface area (TPSA) is 396 Å². The Morgan fingerprint density at radius 1 is 0.880 bits per heavy atom. The number of urea groups is 1. The zero-order chi connectivity index (χ0) is 58.4. The molecule has 6 unspecified atom stereocenters. The summed E-state index contributed by atoms with van der Waals surface area (Å²) in [4.78, 5) is 25.5. The number of aliphatic hydroxyl groups excluding tert-OH is 11. The number of nitrogen functional groups attached to an aromatic ring is 1. The number of halogens is 1. The van der Waals surface area contributed by atoms with Gasteiger partial charge in [-0.1, -0.05) is 73.6 Å². The van der Waals surface area contributed by atoms with E-state index < -0.39 is 118 Å². The number of hydrogen-bond acceptors (Lipinski definition) is 23. The van der Waals surface area contributed by atoms with E-state index in [1.165, 1.54) is 46.1 Å². The van der Waals surface area contributed by atoms with E-state index in [0.29, 0.717) is 18.2 Å². The number of rotatable bonds is 12. The van der Waals surface area contributed by atoms with E-state index in [9.17, 15) is 55.1 Å². The van der Waals surface area contributed by atoms with Crippen molar-refractivity contribution in [3.63, 3.8) is 0 Å². The number of aliphatic hydroxyl groups is 11. The third kappa shape index (κ3) is 26.0. The highest BCUT2D eigenvalue weighted by Gasteiger charge is 2.50. The number of hydrogen-bond donors (Lipinski definition) is 13. The third-order valence-corrected chi connectivity index (χ3v) is 15.1. The maximum atomic E-state index is 11.7. The van der Waals surface area contributed by atoms with E-state index in [1.807, 2.05) is 53.8 Å². The summed E-state index contributed by atoms with van der Waals surface area (Å²) in [6.45, 7) is 20.3. The molecular formula is C48H95ClN5O20P. The molecule has 4 aliphatic rings. The summed E-state index contributed by atoms with van der Waals surface area (Å²) in [5, 5.41) is 107.